The van der Waals surface area contributed by atoms with Gasteiger partial charge in [-0.3, -0.25) is 4.79 Å². The molecular weight excluding hydrogens is 467 g/mol. The second-order valence-electron chi connectivity index (χ2n) is 4.30. The lowest BCUT2D eigenvalue weighted by Gasteiger charge is -2.15. The molecule has 7 heteroatoms. The Kier molecular flexibility index (Phi) is 8.16. The first-order chi connectivity index (χ1) is 10.4. The van der Waals surface area contributed by atoms with Crippen LogP contribution in [0, 0.1) is 3.57 Å². The van der Waals surface area contributed by atoms with E-state index in [2.05, 4.69) is 38.5 Å². The summed E-state index contributed by atoms with van der Waals surface area (Å²) in [5.41, 5.74) is 0.884. The normalized spacial score (nSPS) is 11.7. The quantitative estimate of drug-likeness (QED) is 0.335. The van der Waals surface area contributed by atoms with Crippen LogP contribution in [0.5, 0.6) is 5.75 Å². The van der Waals surface area contributed by atoms with Crippen molar-refractivity contribution in [2.45, 2.75) is 32.2 Å². The first-order valence-electron chi connectivity index (χ1n) is 6.84. The summed E-state index contributed by atoms with van der Waals surface area (Å²) in [6.45, 7) is 5.86. The molecule has 1 rings (SSSR count). The van der Waals surface area contributed by atoms with Crippen molar-refractivity contribution < 1.29 is 23.8 Å². The molecule has 0 aliphatic rings. The molecule has 0 aliphatic heterocycles. The summed E-state index contributed by atoms with van der Waals surface area (Å²) in [5, 5.41) is -0.190. The van der Waals surface area contributed by atoms with E-state index in [1.807, 2.05) is 6.92 Å². The highest BCUT2D eigenvalue weighted by Gasteiger charge is 2.19. The van der Waals surface area contributed by atoms with Crippen molar-refractivity contribution in [2.24, 2.45) is 0 Å². The molecule has 0 amide bonds. The van der Waals surface area contributed by atoms with Crippen LogP contribution >= 0.6 is 38.5 Å². The van der Waals surface area contributed by atoms with Crippen LogP contribution < -0.4 is 4.74 Å². The maximum atomic E-state index is 12.1. The first kappa shape index (κ1) is 19.2. The fraction of sp³-hybridized carbons (Fsp3) is 0.467. The van der Waals surface area contributed by atoms with Crippen molar-refractivity contribution >= 4 is 50.5 Å². The highest BCUT2D eigenvalue weighted by molar-refractivity contribution is 14.1. The fourth-order valence-electron chi connectivity index (χ4n) is 1.77. The monoisotopic (exact) mass is 484 g/mol. The molecular formula is C15H18BrIO5. The van der Waals surface area contributed by atoms with Gasteiger partial charge in [0.25, 0.3) is 0 Å². The van der Waals surface area contributed by atoms with E-state index in [9.17, 15) is 9.59 Å². The van der Waals surface area contributed by atoms with Gasteiger partial charge in [0.05, 0.1) is 28.8 Å². The first-order valence-corrected chi connectivity index (χ1v) is 8.84. The number of alkyl halides is 1. The fourth-order valence-corrected chi connectivity index (χ4v) is 2.57. The zero-order valence-corrected chi connectivity index (χ0v) is 16.4. The summed E-state index contributed by atoms with van der Waals surface area (Å²) >= 11 is 5.39. The zero-order chi connectivity index (χ0) is 16.7. The third-order valence-corrected chi connectivity index (χ3v) is 3.61. The van der Waals surface area contributed by atoms with Crippen molar-refractivity contribution in [1.29, 1.82) is 0 Å². The number of ether oxygens (including phenoxy) is 3. The molecule has 0 saturated carbocycles. The van der Waals surface area contributed by atoms with Gasteiger partial charge < -0.3 is 14.2 Å². The second-order valence-corrected chi connectivity index (χ2v) is 6.75. The molecule has 0 aromatic heterocycles. The van der Waals surface area contributed by atoms with Gasteiger partial charge in [0, 0.05) is 0 Å². The van der Waals surface area contributed by atoms with Crippen LogP contribution in [-0.2, 0) is 20.7 Å². The number of hydrogen-bond acceptors (Lipinski definition) is 5. The molecule has 0 heterocycles. The topological polar surface area (TPSA) is 61.8 Å². The third kappa shape index (κ3) is 5.75. The lowest BCUT2D eigenvalue weighted by atomic mass is 10.0. The van der Waals surface area contributed by atoms with Crippen LogP contribution in [0.4, 0.5) is 0 Å². The Morgan fingerprint density at radius 3 is 2.41 bits per heavy atom. The number of hydrogen-bond donors (Lipinski definition) is 0. The van der Waals surface area contributed by atoms with E-state index >= 15 is 0 Å². The molecule has 22 heavy (non-hydrogen) atoms. The van der Waals surface area contributed by atoms with Crippen LogP contribution in [0.25, 0.3) is 0 Å². The number of halogens is 2. The summed E-state index contributed by atoms with van der Waals surface area (Å²) in [4.78, 5) is 23.8. The number of carbonyl (C=O) groups excluding carboxylic acids is 2. The molecule has 0 N–H and O–H groups in total. The van der Waals surface area contributed by atoms with Gasteiger partial charge in [0.15, 0.2) is 5.01 Å². The van der Waals surface area contributed by atoms with Gasteiger partial charge in [-0.2, -0.15) is 0 Å². The Hall–Kier alpha value is -0.830. The second kappa shape index (κ2) is 9.34. The van der Waals surface area contributed by atoms with Crippen LogP contribution in [0.2, 0.25) is 0 Å². The molecule has 0 fully saturated rings. The van der Waals surface area contributed by atoms with Gasteiger partial charge in [-0.15, -0.1) is 0 Å². The molecule has 5 nitrogen and oxygen atoms in total. The number of rotatable bonds is 7. The molecule has 0 aliphatic carbocycles. The van der Waals surface area contributed by atoms with Crippen LogP contribution in [0.3, 0.4) is 0 Å². The molecule has 1 aromatic carbocycles. The van der Waals surface area contributed by atoms with Crippen molar-refractivity contribution in [1.82, 2.24) is 0 Å². The molecule has 1 atom stereocenters. The summed E-state index contributed by atoms with van der Waals surface area (Å²) in [6, 6.07) is 3.35. The van der Waals surface area contributed by atoms with Crippen LogP contribution in [0.15, 0.2) is 12.1 Å². The standard InChI is InChI=1S/C15H18BrIO5/c1-4-20-14(18)7-10-6-13(22-9(3)16)12(17)8-11(10)15(19)21-5-2/h6,8-9H,4-5,7H2,1-3H3. The van der Waals surface area contributed by atoms with E-state index in [0.717, 1.165) is 3.57 Å². The predicted octanol–water partition coefficient (Wildman–Crippen LogP) is 3.69. The largest absolute Gasteiger partial charge is 0.478 e. The Labute approximate surface area is 152 Å². The highest BCUT2D eigenvalue weighted by atomic mass is 127. The van der Waals surface area contributed by atoms with Gasteiger partial charge in [-0.05, 0) is 77.0 Å². The van der Waals surface area contributed by atoms with E-state index in [0.29, 0.717) is 23.5 Å². The average Bonchev–Trinajstić information content (AvgIpc) is 2.42. The zero-order valence-electron chi connectivity index (χ0n) is 12.7. The molecule has 1 aromatic rings. The molecule has 1 unspecified atom stereocenters. The molecule has 0 spiro atoms. The lowest BCUT2D eigenvalue weighted by molar-refractivity contribution is -0.142. The smallest absolute Gasteiger partial charge is 0.338 e. The van der Waals surface area contributed by atoms with E-state index in [4.69, 9.17) is 14.2 Å². The minimum Gasteiger partial charge on any atom is -0.478 e. The summed E-state index contributed by atoms with van der Waals surface area (Å²) in [5.74, 6) is -0.262. The minimum atomic E-state index is -0.460. The summed E-state index contributed by atoms with van der Waals surface area (Å²) in [6.07, 6.45) is -0.00800. The van der Waals surface area contributed by atoms with Gasteiger partial charge in [0.1, 0.15) is 5.75 Å². The molecule has 0 radical (unpaired) electrons. The van der Waals surface area contributed by atoms with Crippen LogP contribution in [-0.4, -0.2) is 30.2 Å². The number of esters is 2. The Morgan fingerprint density at radius 2 is 1.86 bits per heavy atom. The third-order valence-electron chi connectivity index (χ3n) is 2.58. The maximum absolute atomic E-state index is 12.1. The summed E-state index contributed by atoms with van der Waals surface area (Å²) < 4.78 is 16.4. The Morgan fingerprint density at radius 1 is 1.23 bits per heavy atom. The van der Waals surface area contributed by atoms with Gasteiger partial charge in [0.2, 0.25) is 0 Å². The van der Waals surface area contributed by atoms with Gasteiger partial charge >= 0.3 is 11.9 Å². The van der Waals surface area contributed by atoms with Crippen molar-refractivity contribution in [3.63, 3.8) is 0 Å². The molecule has 122 valence electrons. The maximum Gasteiger partial charge on any atom is 0.338 e. The number of carbonyl (C=O) groups is 2. The average molecular weight is 485 g/mol. The van der Waals surface area contributed by atoms with Gasteiger partial charge in [-0.25, -0.2) is 4.79 Å². The number of benzene rings is 1. The SMILES string of the molecule is CCOC(=O)Cc1cc(OC(C)Br)c(I)cc1C(=O)OCC. The Bertz CT molecular complexity index is 545. The van der Waals surface area contributed by atoms with Crippen molar-refractivity contribution in [3.8, 4) is 5.75 Å². The van der Waals surface area contributed by atoms with E-state index in [-0.39, 0.29) is 18.0 Å². The van der Waals surface area contributed by atoms with E-state index in [1.54, 1.807) is 26.0 Å². The predicted molar refractivity (Wildman–Crippen MR) is 94.5 cm³/mol. The van der Waals surface area contributed by atoms with E-state index in [1.165, 1.54) is 0 Å². The highest BCUT2D eigenvalue weighted by Crippen LogP contribution is 2.28. The summed E-state index contributed by atoms with van der Waals surface area (Å²) in [7, 11) is 0. The molecule has 0 saturated heterocycles. The van der Waals surface area contributed by atoms with E-state index < -0.39 is 11.9 Å². The Balaban J connectivity index is 3.20. The van der Waals surface area contributed by atoms with Gasteiger partial charge in [-0.1, -0.05) is 0 Å². The van der Waals surface area contributed by atoms with Crippen molar-refractivity contribution in [2.75, 3.05) is 13.2 Å². The minimum absolute atomic E-state index is 0.00800. The van der Waals surface area contributed by atoms with Crippen LogP contribution in [0.1, 0.15) is 36.7 Å². The molecule has 0 bridgehead atoms. The van der Waals surface area contributed by atoms with Crippen molar-refractivity contribution in [3.05, 3.63) is 26.8 Å². The lowest BCUT2D eigenvalue weighted by Crippen LogP contribution is -2.15.